The van der Waals surface area contributed by atoms with Crippen LogP contribution in [0.3, 0.4) is 0 Å². The molecule has 136 valence electrons. The van der Waals surface area contributed by atoms with Crippen LogP contribution in [0.15, 0.2) is 24.5 Å². The Morgan fingerprint density at radius 3 is 2.64 bits per heavy atom. The zero-order valence-corrected chi connectivity index (χ0v) is 15.9. The van der Waals surface area contributed by atoms with E-state index in [0.717, 1.165) is 29.8 Å². The second-order valence-corrected chi connectivity index (χ2v) is 9.26. The van der Waals surface area contributed by atoms with Gasteiger partial charge in [0.2, 0.25) is 0 Å². The lowest BCUT2D eigenvalue weighted by Gasteiger charge is -2.49. The molecule has 0 unspecified atom stereocenters. The lowest BCUT2D eigenvalue weighted by molar-refractivity contribution is 0.144. The first-order chi connectivity index (χ1) is 11.6. The minimum atomic E-state index is -3.65. The van der Waals surface area contributed by atoms with Crippen molar-refractivity contribution in [2.24, 2.45) is 16.5 Å². The van der Waals surface area contributed by atoms with Gasteiger partial charge in [0.1, 0.15) is 12.1 Å². The molecule has 3 rings (SSSR count). The molecule has 1 aliphatic heterocycles. The molecule has 0 atom stereocenters. The van der Waals surface area contributed by atoms with Gasteiger partial charge in [-0.15, -0.1) is 0 Å². The summed E-state index contributed by atoms with van der Waals surface area (Å²) in [6.45, 7) is 8.28. The zero-order valence-electron chi connectivity index (χ0n) is 15.1. The number of hydrogen-bond donors (Lipinski definition) is 1. The molecule has 0 aliphatic carbocycles. The standard InChI is InChI=1S/C17H25N5O2S/c1-12-5-6-14-15(7-12)19-11-20-16(14)22-8-13(9-22)17(2,3)10-21(4)25(18,23)24/h5-7,11,13H,8-10H2,1-4H3,(H2,18,23,24). The third-order valence-corrected chi connectivity index (χ3v) is 6.12. The van der Waals surface area contributed by atoms with Crippen molar-refractivity contribution < 1.29 is 8.42 Å². The van der Waals surface area contributed by atoms with Gasteiger partial charge in [-0.3, -0.25) is 0 Å². The van der Waals surface area contributed by atoms with Crippen molar-refractivity contribution >= 4 is 26.9 Å². The van der Waals surface area contributed by atoms with Crippen LogP contribution in [0, 0.1) is 18.3 Å². The van der Waals surface area contributed by atoms with Crippen molar-refractivity contribution in [2.75, 3.05) is 31.6 Å². The molecule has 2 aromatic rings. The molecular formula is C17H25N5O2S. The lowest BCUT2D eigenvalue weighted by atomic mass is 9.74. The van der Waals surface area contributed by atoms with Gasteiger partial charge in [-0.2, -0.15) is 12.7 Å². The number of hydrogen-bond acceptors (Lipinski definition) is 5. The molecule has 0 spiro atoms. The number of benzene rings is 1. The Morgan fingerprint density at radius 1 is 1.32 bits per heavy atom. The number of rotatable bonds is 5. The molecule has 1 saturated heterocycles. The van der Waals surface area contributed by atoms with Crippen molar-refractivity contribution in [3.8, 4) is 0 Å². The van der Waals surface area contributed by atoms with Gasteiger partial charge < -0.3 is 4.90 Å². The largest absolute Gasteiger partial charge is 0.355 e. The molecular weight excluding hydrogens is 338 g/mol. The van der Waals surface area contributed by atoms with E-state index >= 15 is 0 Å². The molecule has 0 radical (unpaired) electrons. The quantitative estimate of drug-likeness (QED) is 0.870. The van der Waals surface area contributed by atoms with Gasteiger partial charge in [0.05, 0.1) is 5.52 Å². The Hall–Kier alpha value is -1.77. The SMILES string of the molecule is Cc1ccc2c(N3CC(C(C)(C)CN(C)S(N)(=O)=O)C3)ncnc2c1. The Kier molecular flexibility index (Phi) is 4.47. The van der Waals surface area contributed by atoms with E-state index in [4.69, 9.17) is 5.14 Å². The van der Waals surface area contributed by atoms with Crippen LogP contribution in [-0.4, -0.2) is 49.4 Å². The summed E-state index contributed by atoms with van der Waals surface area (Å²) in [7, 11) is -2.13. The summed E-state index contributed by atoms with van der Waals surface area (Å²) in [5.74, 6) is 1.31. The average molecular weight is 363 g/mol. The minimum Gasteiger partial charge on any atom is -0.355 e. The third kappa shape index (κ3) is 3.61. The van der Waals surface area contributed by atoms with Crippen LogP contribution in [0.1, 0.15) is 19.4 Å². The molecule has 0 bridgehead atoms. The van der Waals surface area contributed by atoms with Crippen LogP contribution in [-0.2, 0) is 10.2 Å². The summed E-state index contributed by atoms with van der Waals surface area (Å²) in [5, 5.41) is 6.26. The van der Waals surface area contributed by atoms with Gasteiger partial charge in [0.15, 0.2) is 0 Å². The van der Waals surface area contributed by atoms with E-state index in [1.165, 1.54) is 16.9 Å². The Morgan fingerprint density at radius 2 is 2.00 bits per heavy atom. The summed E-state index contributed by atoms with van der Waals surface area (Å²) in [5.41, 5.74) is 1.95. The Balaban J connectivity index is 1.74. The van der Waals surface area contributed by atoms with Crippen molar-refractivity contribution in [1.29, 1.82) is 0 Å². The van der Waals surface area contributed by atoms with E-state index in [2.05, 4.69) is 46.9 Å². The minimum absolute atomic E-state index is 0.170. The van der Waals surface area contributed by atoms with Gasteiger partial charge in [-0.1, -0.05) is 19.9 Å². The number of fused-ring (bicyclic) bond motifs is 1. The fourth-order valence-electron chi connectivity index (χ4n) is 3.34. The van der Waals surface area contributed by atoms with Crippen molar-refractivity contribution in [2.45, 2.75) is 20.8 Å². The van der Waals surface area contributed by atoms with Gasteiger partial charge in [-0.05, 0) is 30.0 Å². The first-order valence-electron chi connectivity index (χ1n) is 8.28. The number of nitrogens with zero attached hydrogens (tertiary/aromatic N) is 4. The highest BCUT2D eigenvalue weighted by Gasteiger charge is 2.41. The summed E-state index contributed by atoms with van der Waals surface area (Å²) in [6.07, 6.45) is 1.60. The average Bonchev–Trinajstić information content (AvgIpc) is 2.43. The molecule has 2 N–H and O–H groups in total. The monoisotopic (exact) mass is 363 g/mol. The normalized spacial score (nSPS) is 16.5. The van der Waals surface area contributed by atoms with Crippen LogP contribution in [0.25, 0.3) is 10.9 Å². The molecule has 0 saturated carbocycles. The first kappa shape index (κ1) is 18.0. The zero-order chi connectivity index (χ0) is 18.4. The number of nitrogens with two attached hydrogens (primary N) is 1. The highest BCUT2D eigenvalue weighted by atomic mass is 32.2. The maximum atomic E-state index is 11.5. The number of anilines is 1. The Labute approximate surface area is 149 Å². The summed E-state index contributed by atoms with van der Waals surface area (Å²) < 4.78 is 24.2. The molecule has 25 heavy (non-hydrogen) atoms. The summed E-state index contributed by atoms with van der Waals surface area (Å²) in [4.78, 5) is 11.0. The van der Waals surface area contributed by atoms with Crippen molar-refractivity contribution in [1.82, 2.24) is 14.3 Å². The highest BCUT2D eigenvalue weighted by Crippen LogP contribution is 2.38. The van der Waals surface area contributed by atoms with Crippen LogP contribution in [0.5, 0.6) is 0 Å². The number of aromatic nitrogens is 2. The molecule has 2 heterocycles. The third-order valence-electron chi connectivity index (χ3n) is 5.12. The first-order valence-corrected chi connectivity index (χ1v) is 9.78. The van der Waals surface area contributed by atoms with Crippen LogP contribution < -0.4 is 10.0 Å². The van der Waals surface area contributed by atoms with Crippen LogP contribution in [0.4, 0.5) is 5.82 Å². The van der Waals surface area contributed by atoms with E-state index in [1.807, 2.05) is 6.92 Å². The molecule has 7 nitrogen and oxygen atoms in total. The van der Waals surface area contributed by atoms with Crippen molar-refractivity contribution in [3.63, 3.8) is 0 Å². The summed E-state index contributed by atoms with van der Waals surface area (Å²) >= 11 is 0. The molecule has 1 fully saturated rings. The van der Waals surface area contributed by atoms with Gasteiger partial charge >= 0.3 is 0 Å². The molecule has 1 aliphatic rings. The van der Waals surface area contributed by atoms with E-state index in [9.17, 15) is 8.42 Å². The number of aryl methyl sites for hydroxylation is 1. The predicted molar refractivity (Wildman–Crippen MR) is 99.5 cm³/mol. The smallest absolute Gasteiger partial charge is 0.276 e. The fraction of sp³-hybridized carbons (Fsp3) is 0.529. The van der Waals surface area contributed by atoms with E-state index in [-0.39, 0.29) is 5.41 Å². The topological polar surface area (TPSA) is 92.4 Å². The van der Waals surface area contributed by atoms with Gasteiger partial charge in [0, 0.05) is 38.0 Å². The predicted octanol–water partition coefficient (Wildman–Crippen LogP) is 1.54. The lowest BCUT2D eigenvalue weighted by Crippen LogP contribution is -2.56. The van der Waals surface area contributed by atoms with Crippen LogP contribution >= 0.6 is 0 Å². The van der Waals surface area contributed by atoms with E-state index < -0.39 is 10.2 Å². The highest BCUT2D eigenvalue weighted by molar-refractivity contribution is 7.86. The van der Waals surface area contributed by atoms with E-state index in [0.29, 0.717) is 12.5 Å². The Bertz CT molecular complexity index is 891. The van der Waals surface area contributed by atoms with Gasteiger partial charge in [-0.25, -0.2) is 15.1 Å². The van der Waals surface area contributed by atoms with Gasteiger partial charge in [0.25, 0.3) is 10.2 Å². The summed E-state index contributed by atoms with van der Waals surface area (Å²) in [6, 6.07) is 6.19. The molecule has 1 aromatic heterocycles. The maximum Gasteiger partial charge on any atom is 0.276 e. The second-order valence-electron chi connectivity index (χ2n) is 7.61. The second kappa shape index (κ2) is 6.19. The molecule has 0 amide bonds. The van der Waals surface area contributed by atoms with Crippen molar-refractivity contribution in [3.05, 3.63) is 30.1 Å². The fourth-order valence-corrected chi connectivity index (χ4v) is 3.86. The van der Waals surface area contributed by atoms with Crippen LogP contribution in [0.2, 0.25) is 0 Å². The molecule has 1 aromatic carbocycles. The maximum absolute atomic E-state index is 11.5. The van der Waals surface area contributed by atoms with E-state index in [1.54, 1.807) is 6.33 Å². The molecule has 8 heteroatoms.